The van der Waals surface area contributed by atoms with E-state index >= 15 is 0 Å². The summed E-state index contributed by atoms with van der Waals surface area (Å²) in [7, 11) is 0. The molecule has 0 aromatic heterocycles. The van der Waals surface area contributed by atoms with Crippen LogP contribution in [0.4, 0.5) is 0 Å². The molecule has 0 radical (unpaired) electrons. The van der Waals surface area contributed by atoms with Crippen LogP contribution in [0.3, 0.4) is 0 Å². The monoisotopic (exact) mass is 356 g/mol. The molecule has 2 aromatic carbocycles. The highest BCUT2D eigenvalue weighted by Crippen LogP contribution is 2.24. The Bertz CT molecular complexity index is 798. The summed E-state index contributed by atoms with van der Waals surface area (Å²) in [5.41, 5.74) is 1.72. The molecular weight excluding hydrogens is 340 g/mol. The highest BCUT2D eigenvalue weighted by atomic mass is 35.5. The number of nitrogens with zero attached hydrogens (tertiary/aromatic N) is 1. The molecule has 1 heterocycles. The van der Waals surface area contributed by atoms with Gasteiger partial charge in [-0.25, -0.2) is 0 Å². The highest BCUT2D eigenvalue weighted by molar-refractivity contribution is 6.30. The lowest BCUT2D eigenvalue weighted by atomic mass is 10.1. The van der Waals surface area contributed by atoms with Crippen molar-refractivity contribution < 1.29 is 14.4 Å². The number of carbonyl (C=O) groups is 3. The van der Waals surface area contributed by atoms with Gasteiger partial charge in [-0.05, 0) is 43.2 Å². The number of nitrogens with one attached hydrogen (secondary N) is 1. The minimum Gasteiger partial charge on any atom is -0.354 e. The summed E-state index contributed by atoms with van der Waals surface area (Å²) < 4.78 is 0. The molecule has 0 spiro atoms. The molecule has 25 heavy (non-hydrogen) atoms. The number of halogens is 1. The molecular formula is C19H17ClN2O3. The van der Waals surface area contributed by atoms with E-state index in [0.29, 0.717) is 29.1 Å². The normalized spacial score (nSPS) is 14.4. The van der Waals surface area contributed by atoms with Crippen LogP contribution in [0, 0.1) is 0 Å². The molecule has 0 aliphatic carbocycles. The van der Waals surface area contributed by atoms with E-state index in [1.165, 1.54) is 0 Å². The van der Waals surface area contributed by atoms with Crippen LogP contribution < -0.4 is 5.32 Å². The van der Waals surface area contributed by atoms with E-state index in [0.717, 1.165) is 10.5 Å². The van der Waals surface area contributed by atoms with E-state index in [9.17, 15) is 14.4 Å². The molecule has 128 valence electrons. The zero-order valence-corrected chi connectivity index (χ0v) is 14.4. The lowest BCUT2D eigenvalue weighted by molar-refractivity contribution is -0.124. The van der Waals surface area contributed by atoms with Gasteiger partial charge < -0.3 is 5.32 Å². The maximum Gasteiger partial charge on any atom is 0.262 e. The van der Waals surface area contributed by atoms with Crippen LogP contribution in [0.2, 0.25) is 5.02 Å². The van der Waals surface area contributed by atoms with Crippen LogP contribution in [0.1, 0.15) is 33.2 Å². The Balaban J connectivity index is 1.60. The fraction of sp³-hybridized carbons (Fsp3) is 0.211. The van der Waals surface area contributed by atoms with Crippen molar-refractivity contribution in [2.24, 2.45) is 0 Å². The van der Waals surface area contributed by atoms with Crippen molar-refractivity contribution in [3.05, 3.63) is 70.2 Å². The van der Waals surface area contributed by atoms with Gasteiger partial charge in [-0.1, -0.05) is 35.9 Å². The molecule has 1 atom stereocenters. The SMILES string of the molecule is CC(C(=O)NCCc1ccc(Cl)cc1)N1C(=O)c2ccccc2C1=O. The van der Waals surface area contributed by atoms with E-state index in [-0.39, 0.29) is 5.91 Å². The first kappa shape index (κ1) is 17.2. The number of imide groups is 1. The fourth-order valence-corrected chi connectivity index (χ4v) is 2.93. The van der Waals surface area contributed by atoms with E-state index in [2.05, 4.69) is 5.32 Å². The first-order chi connectivity index (χ1) is 12.0. The molecule has 6 heteroatoms. The minimum absolute atomic E-state index is 0.341. The second kappa shape index (κ2) is 7.07. The van der Waals surface area contributed by atoms with Crippen LogP contribution in [0.5, 0.6) is 0 Å². The third kappa shape index (κ3) is 3.42. The third-order valence-corrected chi connectivity index (χ3v) is 4.47. The van der Waals surface area contributed by atoms with Gasteiger partial charge in [-0.2, -0.15) is 0 Å². The van der Waals surface area contributed by atoms with Gasteiger partial charge in [0.2, 0.25) is 5.91 Å². The molecule has 1 aliphatic rings. The van der Waals surface area contributed by atoms with E-state index in [1.54, 1.807) is 43.3 Å². The van der Waals surface area contributed by atoms with Gasteiger partial charge >= 0.3 is 0 Å². The molecule has 0 saturated heterocycles. The Kier molecular flexibility index (Phi) is 4.86. The Morgan fingerprint density at radius 1 is 1.04 bits per heavy atom. The largest absolute Gasteiger partial charge is 0.354 e. The molecule has 1 N–H and O–H groups in total. The second-order valence-corrected chi connectivity index (χ2v) is 6.31. The first-order valence-corrected chi connectivity index (χ1v) is 8.36. The predicted molar refractivity (Wildman–Crippen MR) is 94.6 cm³/mol. The highest BCUT2D eigenvalue weighted by Gasteiger charge is 2.40. The average molecular weight is 357 g/mol. The van der Waals surface area contributed by atoms with Gasteiger partial charge in [0.25, 0.3) is 11.8 Å². The molecule has 5 nitrogen and oxygen atoms in total. The van der Waals surface area contributed by atoms with Crippen LogP contribution in [-0.2, 0) is 11.2 Å². The topological polar surface area (TPSA) is 66.5 Å². The fourth-order valence-electron chi connectivity index (χ4n) is 2.81. The molecule has 1 unspecified atom stereocenters. The van der Waals surface area contributed by atoms with E-state index in [1.807, 2.05) is 12.1 Å². The average Bonchev–Trinajstić information content (AvgIpc) is 2.87. The zero-order valence-electron chi connectivity index (χ0n) is 13.7. The predicted octanol–water partition coefficient (Wildman–Crippen LogP) is 2.68. The van der Waals surface area contributed by atoms with Crippen molar-refractivity contribution in [3.63, 3.8) is 0 Å². The van der Waals surface area contributed by atoms with Gasteiger partial charge in [0.15, 0.2) is 0 Å². The van der Waals surface area contributed by atoms with Crippen LogP contribution in [0.25, 0.3) is 0 Å². The molecule has 1 aliphatic heterocycles. The number of carbonyl (C=O) groups excluding carboxylic acids is 3. The van der Waals surface area contributed by atoms with Crippen molar-refractivity contribution in [1.82, 2.24) is 10.2 Å². The Morgan fingerprint density at radius 3 is 2.16 bits per heavy atom. The van der Waals surface area contributed by atoms with Gasteiger partial charge in [0, 0.05) is 11.6 Å². The van der Waals surface area contributed by atoms with Crippen LogP contribution >= 0.6 is 11.6 Å². The molecule has 0 saturated carbocycles. The van der Waals surface area contributed by atoms with Gasteiger partial charge in [-0.15, -0.1) is 0 Å². The number of fused-ring (bicyclic) bond motifs is 1. The molecule has 0 bridgehead atoms. The Morgan fingerprint density at radius 2 is 1.60 bits per heavy atom. The number of benzene rings is 2. The van der Waals surface area contributed by atoms with Crippen molar-refractivity contribution in [3.8, 4) is 0 Å². The summed E-state index contributed by atoms with van der Waals surface area (Å²) in [4.78, 5) is 38.1. The second-order valence-electron chi connectivity index (χ2n) is 5.87. The van der Waals surface area contributed by atoms with E-state index < -0.39 is 17.9 Å². The van der Waals surface area contributed by atoms with Crippen LogP contribution in [-0.4, -0.2) is 35.2 Å². The summed E-state index contributed by atoms with van der Waals surface area (Å²) >= 11 is 5.84. The first-order valence-electron chi connectivity index (χ1n) is 7.98. The van der Waals surface area contributed by atoms with Gasteiger partial charge in [0.05, 0.1) is 11.1 Å². The third-order valence-electron chi connectivity index (χ3n) is 4.22. The molecule has 3 rings (SSSR count). The van der Waals surface area contributed by atoms with Crippen molar-refractivity contribution >= 4 is 29.3 Å². The summed E-state index contributed by atoms with van der Waals surface area (Å²) in [6.07, 6.45) is 0.637. The Hall–Kier alpha value is -2.66. The molecule has 2 aromatic rings. The smallest absolute Gasteiger partial charge is 0.262 e. The molecule has 3 amide bonds. The zero-order chi connectivity index (χ0) is 18.0. The van der Waals surface area contributed by atoms with Crippen LogP contribution in [0.15, 0.2) is 48.5 Å². The standard InChI is InChI=1S/C19H17ClN2O3/c1-12(17(23)21-11-10-13-6-8-14(20)9-7-13)22-18(24)15-4-2-3-5-16(15)19(22)25/h2-9,12H,10-11H2,1H3,(H,21,23). The van der Waals surface area contributed by atoms with Crippen molar-refractivity contribution in [2.75, 3.05) is 6.54 Å². The van der Waals surface area contributed by atoms with E-state index in [4.69, 9.17) is 11.6 Å². The summed E-state index contributed by atoms with van der Waals surface area (Å²) in [5, 5.41) is 3.43. The number of hydrogen-bond donors (Lipinski definition) is 1. The van der Waals surface area contributed by atoms with Crippen molar-refractivity contribution in [1.29, 1.82) is 0 Å². The molecule has 0 fully saturated rings. The Labute approximate surface area is 150 Å². The number of rotatable bonds is 5. The summed E-state index contributed by atoms with van der Waals surface area (Å²) in [6, 6.07) is 13.1. The maximum absolute atomic E-state index is 12.4. The van der Waals surface area contributed by atoms with Crippen molar-refractivity contribution in [2.45, 2.75) is 19.4 Å². The lowest BCUT2D eigenvalue weighted by Crippen LogP contribution is -2.48. The van der Waals surface area contributed by atoms with Gasteiger partial charge in [-0.3, -0.25) is 19.3 Å². The maximum atomic E-state index is 12.4. The quantitative estimate of drug-likeness (QED) is 0.837. The lowest BCUT2D eigenvalue weighted by Gasteiger charge is -2.21. The number of hydrogen-bond acceptors (Lipinski definition) is 3. The summed E-state index contributed by atoms with van der Waals surface area (Å²) in [6.45, 7) is 1.97. The summed E-state index contributed by atoms with van der Waals surface area (Å²) in [5.74, 6) is -1.22. The number of amides is 3. The van der Waals surface area contributed by atoms with Gasteiger partial charge in [0.1, 0.15) is 6.04 Å². The minimum atomic E-state index is -0.863.